The maximum Gasteiger partial charge on any atom is 0.330 e. The van der Waals surface area contributed by atoms with Crippen molar-refractivity contribution in [3.8, 4) is 0 Å². The van der Waals surface area contributed by atoms with Crippen LogP contribution in [-0.4, -0.2) is 24.9 Å². The van der Waals surface area contributed by atoms with Crippen molar-refractivity contribution < 1.29 is 0 Å². The molecule has 0 aliphatic carbocycles. The molecule has 0 saturated carbocycles. The molecule has 0 unspecified atom stereocenters. The number of aromatic amines is 1. The highest BCUT2D eigenvalue weighted by molar-refractivity contribution is 7.99. The van der Waals surface area contributed by atoms with Crippen molar-refractivity contribution in [3.05, 3.63) is 15.1 Å². The molecule has 0 bridgehead atoms. The summed E-state index contributed by atoms with van der Waals surface area (Å²) in [5, 5.41) is 0.832. The van der Waals surface area contributed by atoms with Gasteiger partial charge in [-0.25, -0.2) is 9.78 Å². The van der Waals surface area contributed by atoms with E-state index in [0.717, 1.165) is 16.4 Å². The highest BCUT2D eigenvalue weighted by Crippen LogP contribution is 2.20. The van der Waals surface area contributed by atoms with Gasteiger partial charge in [0.2, 0.25) is 0 Å². The summed E-state index contributed by atoms with van der Waals surface area (Å²) in [5.41, 5.74) is 1.25. The van der Waals surface area contributed by atoms with Gasteiger partial charge in [0.1, 0.15) is 10.2 Å². The molecular weight excluding hydrogens is 280 g/mol. The molecular formula is C12H18N4OS2. The van der Waals surface area contributed by atoms with Gasteiger partial charge in [0, 0.05) is 19.8 Å². The zero-order valence-electron chi connectivity index (χ0n) is 11.4. The largest absolute Gasteiger partial charge is 0.330 e. The van der Waals surface area contributed by atoms with Gasteiger partial charge < -0.3 is 4.98 Å². The van der Waals surface area contributed by atoms with Crippen molar-refractivity contribution in [2.24, 2.45) is 14.1 Å². The number of fused-ring (bicyclic) bond motifs is 1. The lowest BCUT2D eigenvalue weighted by atomic mass is 10.3. The Morgan fingerprint density at radius 2 is 2.05 bits per heavy atom. The van der Waals surface area contributed by atoms with Gasteiger partial charge >= 0.3 is 5.69 Å². The number of aryl methyl sites for hydroxylation is 1. The molecule has 2 aromatic rings. The average molecular weight is 298 g/mol. The van der Waals surface area contributed by atoms with E-state index in [2.05, 4.69) is 16.9 Å². The normalized spacial score (nSPS) is 11.3. The van der Waals surface area contributed by atoms with Crippen molar-refractivity contribution >= 4 is 35.1 Å². The van der Waals surface area contributed by atoms with Crippen LogP contribution in [0.15, 0.2) is 9.95 Å². The first-order valence-corrected chi connectivity index (χ1v) is 7.74. The standard InChI is InChI=1S/C12H18N4OS2/c1-4-5-6-7-19-11-13-8-9(14-11)15(2)12(17)16(3)10(8)18/h4-7H2,1-3H3,(H,13,14). The van der Waals surface area contributed by atoms with Crippen LogP contribution in [0.25, 0.3) is 11.2 Å². The molecule has 2 rings (SSSR count). The van der Waals surface area contributed by atoms with Gasteiger partial charge in [-0.1, -0.05) is 43.7 Å². The topological polar surface area (TPSA) is 55.6 Å². The van der Waals surface area contributed by atoms with Gasteiger partial charge in [0.25, 0.3) is 0 Å². The SMILES string of the molecule is CCCCCSc1nc2c([nH]1)c(=S)n(C)c(=O)n2C. The van der Waals surface area contributed by atoms with Crippen LogP contribution in [0.3, 0.4) is 0 Å². The minimum Gasteiger partial charge on any atom is -0.329 e. The lowest BCUT2D eigenvalue weighted by Gasteiger charge is -2.02. The van der Waals surface area contributed by atoms with E-state index in [9.17, 15) is 4.79 Å². The first kappa shape index (κ1) is 14.3. The molecule has 104 valence electrons. The van der Waals surface area contributed by atoms with Gasteiger partial charge in [-0.2, -0.15) is 0 Å². The molecule has 0 atom stereocenters. The minimum absolute atomic E-state index is 0.147. The first-order chi connectivity index (χ1) is 9.06. The van der Waals surface area contributed by atoms with Crippen LogP contribution in [0.1, 0.15) is 26.2 Å². The van der Waals surface area contributed by atoms with Crippen LogP contribution in [0.4, 0.5) is 0 Å². The van der Waals surface area contributed by atoms with Crippen LogP contribution in [0.5, 0.6) is 0 Å². The molecule has 0 spiro atoms. The average Bonchev–Trinajstić information content (AvgIpc) is 2.83. The molecule has 2 heterocycles. The molecule has 0 amide bonds. The molecule has 0 fully saturated rings. The molecule has 1 N–H and O–H groups in total. The number of nitrogens with zero attached hydrogens (tertiary/aromatic N) is 3. The highest BCUT2D eigenvalue weighted by atomic mass is 32.2. The van der Waals surface area contributed by atoms with E-state index in [1.165, 1.54) is 28.4 Å². The van der Waals surface area contributed by atoms with E-state index in [0.29, 0.717) is 10.3 Å². The molecule has 7 heteroatoms. The second-order valence-corrected chi connectivity index (χ2v) is 5.97. The monoisotopic (exact) mass is 298 g/mol. The zero-order chi connectivity index (χ0) is 14.0. The Balaban J connectivity index is 2.36. The number of H-pyrrole nitrogens is 1. The van der Waals surface area contributed by atoms with Crippen LogP contribution in [-0.2, 0) is 14.1 Å². The molecule has 2 aromatic heterocycles. The number of hydrogen-bond acceptors (Lipinski definition) is 4. The predicted molar refractivity (Wildman–Crippen MR) is 81.4 cm³/mol. The summed E-state index contributed by atoms with van der Waals surface area (Å²) >= 11 is 6.96. The fraction of sp³-hybridized carbons (Fsp3) is 0.583. The van der Waals surface area contributed by atoms with Crippen molar-refractivity contribution in [2.45, 2.75) is 31.3 Å². The Morgan fingerprint density at radius 1 is 1.32 bits per heavy atom. The summed E-state index contributed by atoms with van der Waals surface area (Å²) in [7, 11) is 3.39. The van der Waals surface area contributed by atoms with Crippen molar-refractivity contribution in [1.29, 1.82) is 0 Å². The number of imidazole rings is 1. The molecule has 0 radical (unpaired) electrons. The van der Waals surface area contributed by atoms with E-state index < -0.39 is 0 Å². The van der Waals surface area contributed by atoms with Crippen molar-refractivity contribution in [2.75, 3.05) is 5.75 Å². The fourth-order valence-corrected chi connectivity index (χ4v) is 2.98. The molecule has 19 heavy (non-hydrogen) atoms. The Labute approximate surface area is 121 Å². The third-order valence-electron chi connectivity index (χ3n) is 3.06. The second-order valence-electron chi connectivity index (χ2n) is 4.50. The molecule has 0 aromatic carbocycles. The van der Waals surface area contributed by atoms with Gasteiger partial charge in [-0.3, -0.25) is 9.13 Å². The summed E-state index contributed by atoms with van der Waals surface area (Å²) in [6, 6.07) is 0. The van der Waals surface area contributed by atoms with Crippen molar-refractivity contribution in [1.82, 2.24) is 19.1 Å². The van der Waals surface area contributed by atoms with Gasteiger partial charge in [0.15, 0.2) is 10.8 Å². The summed E-state index contributed by atoms with van der Waals surface area (Å²) in [6.45, 7) is 2.19. The Bertz CT molecular complexity index is 698. The molecule has 0 saturated heterocycles. The van der Waals surface area contributed by atoms with Crippen LogP contribution in [0.2, 0.25) is 0 Å². The maximum atomic E-state index is 11.9. The molecule has 5 nitrogen and oxygen atoms in total. The molecule has 0 aliphatic rings. The number of thioether (sulfide) groups is 1. The summed E-state index contributed by atoms with van der Waals surface area (Å²) in [5.74, 6) is 1.03. The Hall–Kier alpha value is -1.08. The highest BCUT2D eigenvalue weighted by Gasteiger charge is 2.11. The third-order valence-corrected chi connectivity index (χ3v) is 4.50. The zero-order valence-corrected chi connectivity index (χ0v) is 13.0. The Kier molecular flexibility index (Phi) is 4.46. The quantitative estimate of drug-likeness (QED) is 0.524. The maximum absolute atomic E-state index is 11.9. The Morgan fingerprint density at radius 3 is 2.74 bits per heavy atom. The first-order valence-electron chi connectivity index (χ1n) is 6.34. The van der Waals surface area contributed by atoms with E-state index in [1.807, 2.05) is 0 Å². The number of nitrogens with one attached hydrogen (secondary N) is 1. The number of hydrogen-bond donors (Lipinski definition) is 1. The third kappa shape index (κ3) is 2.76. The smallest absolute Gasteiger partial charge is 0.329 e. The lowest BCUT2D eigenvalue weighted by molar-refractivity contribution is 0.721. The lowest BCUT2D eigenvalue weighted by Crippen LogP contribution is -2.27. The van der Waals surface area contributed by atoms with Crippen LogP contribution < -0.4 is 5.69 Å². The minimum atomic E-state index is -0.147. The van der Waals surface area contributed by atoms with Gasteiger partial charge in [-0.15, -0.1) is 0 Å². The fourth-order valence-electron chi connectivity index (χ4n) is 1.89. The van der Waals surface area contributed by atoms with Crippen molar-refractivity contribution in [3.63, 3.8) is 0 Å². The molecule has 0 aliphatic heterocycles. The van der Waals surface area contributed by atoms with Gasteiger partial charge in [-0.05, 0) is 6.42 Å². The van der Waals surface area contributed by atoms with E-state index in [4.69, 9.17) is 12.2 Å². The van der Waals surface area contributed by atoms with E-state index >= 15 is 0 Å². The number of unbranched alkanes of at least 4 members (excludes halogenated alkanes) is 2. The van der Waals surface area contributed by atoms with E-state index in [-0.39, 0.29) is 5.69 Å². The predicted octanol–water partition coefficient (Wildman–Crippen LogP) is 2.61. The van der Waals surface area contributed by atoms with Crippen LogP contribution in [0, 0.1) is 4.64 Å². The van der Waals surface area contributed by atoms with E-state index in [1.54, 1.807) is 25.9 Å². The number of rotatable bonds is 5. The second kappa shape index (κ2) is 5.92. The summed E-state index contributed by atoms with van der Waals surface area (Å²) in [6.07, 6.45) is 3.61. The summed E-state index contributed by atoms with van der Waals surface area (Å²) in [4.78, 5) is 19.6. The van der Waals surface area contributed by atoms with Gasteiger partial charge in [0.05, 0.1) is 0 Å². The summed E-state index contributed by atoms with van der Waals surface area (Å²) < 4.78 is 3.49. The van der Waals surface area contributed by atoms with Crippen LogP contribution >= 0.6 is 24.0 Å². The number of aromatic nitrogens is 4.